The Balaban J connectivity index is 2.94. The maximum absolute atomic E-state index is 12.3. The quantitative estimate of drug-likeness (QED) is 0.814. The molecule has 1 heterocycles. The summed E-state index contributed by atoms with van der Waals surface area (Å²) >= 11 is 1.32. The summed E-state index contributed by atoms with van der Waals surface area (Å²) in [6.45, 7) is 7.69. The molecule has 0 aliphatic rings. The molecule has 6 heteroatoms. The molecule has 1 aromatic heterocycles. The molecule has 0 saturated carbocycles. The standard InChI is InChI=1S/C13H23NO3S2/c1-5-11(6-2)9(3)14-19(16,17)13-7-12(8-15)18-10(13)4/h7,9,11,14-15H,5-6,8H2,1-4H3. The molecule has 1 aromatic rings. The van der Waals surface area contributed by atoms with Crippen LogP contribution in [-0.2, 0) is 16.6 Å². The van der Waals surface area contributed by atoms with Crippen LogP contribution in [0, 0.1) is 12.8 Å². The fourth-order valence-corrected chi connectivity index (χ4v) is 5.08. The van der Waals surface area contributed by atoms with E-state index in [0.29, 0.717) is 20.6 Å². The maximum Gasteiger partial charge on any atom is 0.241 e. The molecule has 0 radical (unpaired) electrons. The summed E-state index contributed by atoms with van der Waals surface area (Å²) in [6.07, 6.45) is 1.90. The lowest BCUT2D eigenvalue weighted by atomic mass is 9.96. The van der Waals surface area contributed by atoms with Gasteiger partial charge in [0.25, 0.3) is 0 Å². The highest BCUT2D eigenvalue weighted by Gasteiger charge is 2.24. The number of thiophene rings is 1. The van der Waals surface area contributed by atoms with E-state index >= 15 is 0 Å². The van der Waals surface area contributed by atoms with Crippen molar-refractivity contribution in [1.29, 1.82) is 0 Å². The molecular formula is C13H23NO3S2. The summed E-state index contributed by atoms with van der Waals surface area (Å²) in [4.78, 5) is 1.68. The Kier molecular flexibility index (Phi) is 5.98. The van der Waals surface area contributed by atoms with E-state index in [1.165, 1.54) is 11.3 Å². The van der Waals surface area contributed by atoms with Crippen molar-refractivity contribution in [3.05, 3.63) is 15.8 Å². The summed E-state index contributed by atoms with van der Waals surface area (Å²) in [5.41, 5.74) is 0. The van der Waals surface area contributed by atoms with Crippen molar-refractivity contribution in [2.45, 2.75) is 58.1 Å². The molecule has 110 valence electrons. The monoisotopic (exact) mass is 305 g/mol. The largest absolute Gasteiger partial charge is 0.391 e. The number of aliphatic hydroxyl groups excluding tert-OH is 1. The minimum Gasteiger partial charge on any atom is -0.391 e. The second-order valence-corrected chi connectivity index (χ2v) is 7.80. The molecule has 0 aliphatic heterocycles. The van der Waals surface area contributed by atoms with Crippen LogP contribution < -0.4 is 4.72 Å². The third-order valence-corrected chi connectivity index (χ3v) is 6.32. The van der Waals surface area contributed by atoms with Gasteiger partial charge in [-0.05, 0) is 25.8 Å². The number of sulfonamides is 1. The number of aliphatic hydroxyl groups is 1. The van der Waals surface area contributed by atoms with Crippen LogP contribution in [0.5, 0.6) is 0 Å². The Morgan fingerprint density at radius 1 is 1.37 bits per heavy atom. The first-order chi connectivity index (χ1) is 8.85. The van der Waals surface area contributed by atoms with Crippen molar-refractivity contribution < 1.29 is 13.5 Å². The van der Waals surface area contributed by atoms with Gasteiger partial charge in [0.15, 0.2) is 0 Å². The molecule has 19 heavy (non-hydrogen) atoms. The van der Waals surface area contributed by atoms with Gasteiger partial charge < -0.3 is 5.11 Å². The molecule has 0 spiro atoms. The van der Waals surface area contributed by atoms with Crippen LogP contribution in [0.25, 0.3) is 0 Å². The normalized spacial score (nSPS) is 14.0. The molecular weight excluding hydrogens is 282 g/mol. The zero-order chi connectivity index (χ0) is 14.6. The number of hydrogen-bond donors (Lipinski definition) is 2. The number of hydrogen-bond acceptors (Lipinski definition) is 4. The first kappa shape index (κ1) is 16.6. The van der Waals surface area contributed by atoms with E-state index < -0.39 is 10.0 Å². The topological polar surface area (TPSA) is 66.4 Å². The molecule has 4 nitrogen and oxygen atoms in total. The van der Waals surface area contributed by atoms with E-state index in [2.05, 4.69) is 18.6 Å². The van der Waals surface area contributed by atoms with Crippen molar-refractivity contribution in [3.63, 3.8) is 0 Å². The Hall–Kier alpha value is -0.430. The Morgan fingerprint density at radius 3 is 2.37 bits per heavy atom. The summed E-state index contributed by atoms with van der Waals surface area (Å²) in [7, 11) is -3.50. The highest BCUT2D eigenvalue weighted by Crippen LogP contribution is 2.26. The SMILES string of the molecule is CCC(CC)C(C)NS(=O)(=O)c1cc(CO)sc1C. The summed E-state index contributed by atoms with van der Waals surface area (Å²) in [6, 6.07) is 1.47. The molecule has 0 fully saturated rings. The Labute approximate surface area is 119 Å². The predicted molar refractivity (Wildman–Crippen MR) is 78.8 cm³/mol. The zero-order valence-electron chi connectivity index (χ0n) is 11.9. The van der Waals surface area contributed by atoms with Crippen LogP contribution in [0.15, 0.2) is 11.0 Å². The van der Waals surface area contributed by atoms with E-state index in [0.717, 1.165) is 12.8 Å². The minimum atomic E-state index is -3.50. The minimum absolute atomic E-state index is 0.0862. The molecule has 0 aliphatic carbocycles. The van der Waals surface area contributed by atoms with Crippen LogP contribution in [0.2, 0.25) is 0 Å². The lowest BCUT2D eigenvalue weighted by Crippen LogP contribution is -2.37. The lowest BCUT2D eigenvalue weighted by Gasteiger charge is -2.22. The van der Waals surface area contributed by atoms with Gasteiger partial charge in [-0.2, -0.15) is 0 Å². The van der Waals surface area contributed by atoms with E-state index in [1.54, 1.807) is 13.0 Å². The highest BCUT2D eigenvalue weighted by molar-refractivity contribution is 7.89. The summed E-state index contributed by atoms with van der Waals surface area (Å²) in [5, 5.41) is 9.08. The van der Waals surface area contributed by atoms with Crippen LogP contribution in [0.3, 0.4) is 0 Å². The summed E-state index contributed by atoms with van der Waals surface area (Å²) < 4.78 is 27.4. The van der Waals surface area contributed by atoms with Crippen LogP contribution in [0.1, 0.15) is 43.4 Å². The van der Waals surface area contributed by atoms with Crippen molar-refractivity contribution in [1.82, 2.24) is 4.72 Å². The number of aryl methyl sites for hydroxylation is 1. The van der Waals surface area contributed by atoms with Crippen molar-refractivity contribution >= 4 is 21.4 Å². The maximum atomic E-state index is 12.3. The van der Waals surface area contributed by atoms with Crippen LogP contribution >= 0.6 is 11.3 Å². The van der Waals surface area contributed by atoms with Gasteiger partial charge in [0.05, 0.1) is 11.5 Å². The Morgan fingerprint density at radius 2 is 1.95 bits per heavy atom. The van der Waals surface area contributed by atoms with Gasteiger partial charge in [-0.3, -0.25) is 0 Å². The summed E-state index contributed by atoms with van der Waals surface area (Å²) in [5.74, 6) is 0.339. The highest BCUT2D eigenvalue weighted by atomic mass is 32.2. The average molecular weight is 305 g/mol. The van der Waals surface area contributed by atoms with E-state index in [4.69, 9.17) is 5.11 Å². The average Bonchev–Trinajstić information content (AvgIpc) is 2.72. The van der Waals surface area contributed by atoms with Gasteiger partial charge in [-0.15, -0.1) is 11.3 Å². The molecule has 0 aromatic carbocycles. The lowest BCUT2D eigenvalue weighted by molar-refractivity contribution is 0.285. The van der Waals surface area contributed by atoms with E-state index in [1.807, 2.05) is 6.92 Å². The third-order valence-electron chi connectivity index (χ3n) is 3.47. The number of rotatable bonds is 7. The van der Waals surface area contributed by atoms with Crippen LogP contribution in [-0.4, -0.2) is 19.6 Å². The van der Waals surface area contributed by atoms with Crippen molar-refractivity contribution in [2.24, 2.45) is 5.92 Å². The zero-order valence-corrected chi connectivity index (χ0v) is 13.6. The molecule has 0 bridgehead atoms. The van der Waals surface area contributed by atoms with E-state index in [9.17, 15) is 8.42 Å². The molecule has 0 amide bonds. The van der Waals surface area contributed by atoms with Gasteiger partial charge in [-0.1, -0.05) is 26.7 Å². The molecule has 1 atom stereocenters. The molecule has 2 N–H and O–H groups in total. The van der Waals surface area contributed by atoms with Crippen molar-refractivity contribution in [2.75, 3.05) is 0 Å². The first-order valence-corrected chi connectivity index (χ1v) is 8.88. The van der Waals surface area contributed by atoms with Gasteiger partial charge in [0.2, 0.25) is 10.0 Å². The fourth-order valence-electron chi connectivity index (χ4n) is 2.27. The number of nitrogens with one attached hydrogen (secondary N) is 1. The van der Waals surface area contributed by atoms with Crippen molar-refractivity contribution in [3.8, 4) is 0 Å². The Bertz CT molecular complexity index is 504. The fraction of sp³-hybridized carbons (Fsp3) is 0.692. The van der Waals surface area contributed by atoms with Gasteiger partial charge in [0.1, 0.15) is 0 Å². The first-order valence-electron chi connectivity index (χ1n) is 6.58. The second-order valence-electron chi connectivity index (χ2n) is 4.78. The smallest absolute Gasteiger partial charge is 0.241 e. The van der Waals surface area contributed by atoms with Gasteiger partial charge >= 0.3 is 0 Å². The second kappa shape index (κ2) is 6.83. The van der Waals surface area contributed by atoms with E-state index in [-0.39, 0.29) is 12.6 Å². The van der Waals surface area contributed by atoms with Gasteiger partial charge in [0, 0.05) is 15.8 Å². The van der Waals surface area contributed by atoms with Crippen LogP contribution in [0.4, 0.5) is 0 Å². The third kappa shape index (κ3) is 4.02. The predicted octanol–water partition coefficient (Wildman–Crippen LogP) is 2.65. The van der Waals surface area contributed by atoms with Gasteiger partial charge in [-0.25, -0.2) is 13.1 Å². The molecule has 1 rings (SSSR count). The molecule has 0 saturated heterocycles. The molecule has 1 unspecified atom stereocenters.